The van der Waals surface area contributed by atoms with Crippen molar-refractivity contribution >= 4 is 0 Å². The van der Waals surface area contributed by atoms with Gasteiger partial charge in [-0.1, -0.05) is 0 Å². The molecule has 8 aliphatic heterocycles. The molecule has 0 spiro atoms. The third kappa shape index (κ3) is 3.17. The normalized spacial score (nSPS) is 45.4. The van der Waals surface area contributed by atoms with E-state index in [1.165, 1.54) is 11.1 Å². The summed E-state index contributed by atoms with van der Waals surface area (Å²) in [5.74, 6) is 2.04. The van der Waals surface area contributed by atoms with Crippen LogP contribution in [0.4, 0.5) is 0 Å². The molecule has 1 aromatic rings. The van der Waals surface area contributed by atoms with Gasteiger partial charge in [0, 0.05) is 0 Å². The fourth-order valence-electron chi connectivity index (χ4n) is 7.61. The molecule has 32 heavy (non-hydrogen) atoms. The molecule has 10 heteroatoms. The minimum absolute atomic E-state index is 0.985. The molecule has 1 aromatic carbocycles. The van der Waals surface area contributed by atoms with Gasteiger partial charge in [-0.3, -0.25) is 8.97 Å². The first kappa shape index (κ1) is 19.9. The minimum Gasteiger partial charge on any atom is -0.496 e. The first-order chi connectivity index (χ1) is 15.5. The fourth-order valence-corrected chi connectivity index (χ4v) is 7.61. The van der Waals surface area contributed by atoms with Crippen LogP contribution in [0, 0.1) is 0 Å². The number of hydrogen-bond donors (Lipinski definition) is 0. The standard InChI is InChI=1S/C22H36N8O2/c1-31-21-3-20(6-30-16-26-10-27(17-30)12-28(11-26)18-30)22(32-2)4-19(21)5-29-13-23-7-24(14-29)9-25(8-23)15-29/h3-4H,5-18H2,1-2H3/q+2. The zero-order valence-electron chi connectivity index (χ0n) is 19.4. The monoisotopic (exact) mass is 444 g/mol. The molecule has 8 fully saturated rings. The van der Waals surface area contributed by atoms with Crippen molar-refractivity contribution in [2.45, 2.75) is 13.1 Å². The molecule has 0 saturated carbocycles. The summed E-state index contributed by atoms with van der Waals surface area (Å²) in [4.78, 5) is 15.4. The highest BCUT2D eigenvalue weighted by atomic mass is 16.5. The Balaban J connectivity index is 1.18. The predicted octanol–water partition coefficient (Wildman–Crippen LogP) is -0.279. The van der Waals surface area contributed by atoms with Crippen LogP contribution >= 0.6 is 0 Å². The quantitative estimate of drug-likeness (QED) is 0.555. The van der Waals surface area contributed by atoms with Crippen LogP contribution in [0.25, 0.3) is 0 Å². The lowest BCUT2D eigenvalue weighted by Gasteiger charge is -2.61. The molecule has 8 bridgehead atoms. The Bertz CT molecular complexity index is 779. The molecule has 0 unspecified atom stereocenters. The Morgan fingerprint density at radius 3 is 1.09 bits per heavy atom. The molecule has 10 nitrogen and oxygen atoms in total. The second-order valence-corrected chi connectivity index (χ2v) is 11.2. The molecule has 0 aromatic heterocycles. The van der Waals surface area contributed by atoms with Gasteiger partial charge in [0.05, 0.1) is 65.4 Å². The summed E-state index contributed by atoms with van der Waals surface area (Å²) in [5.41, 5.74) is 2.54. The van der Waals surface area contributed by atoms with Crippen LogP contribution in [0.1, 0.15) is 11.1 Å². The number of nitrogens with zero attached hydrogens (tertiary/aromatic N) is 8. The van der Waals surface area contributed by atoms with Crippen molar-refractivity contribution in [1.82, 2.24) is 29.4 Å². The number of quaternary nitrogens is 2. The predicted molar refractivity (Wildman–Crippen MR) is 117 cm³/mol. The molecule has 8 aliphatic rings. The van der Waals surface area contributed by atoms with E-state index in [0.29, 0.717) is 0 Å². The van der Waals surface area contributed by atoms with E-state index < -0.39 is 0 Å². The second kappa shape index (κ2) is 7.00. The van der Waals surface area contributed by atoms with Crippen molar-refractivity contribution in [3.63, 3.8) is 0 Å². The van der Waals surface area contributed by atoms with Crippen molar-refractivity contribution in [1.29, 1.82) is 0 Å². The van der Waals surface area contributed by atoms with Gasteiger partial charge in [-0.15, -0.1) is 0 Å². The molecule has 174 valence electrons. The molecule has 0 aliphatic carbocycles. The topological polar surface area (TPSA) is 37.9 Å². The van der Waals surface area contributed by atoms with Gasteiger partial charge in [-0.25, -0.2) is 29.4 Å². The van der Waals surface area contributed by atoms with Crippen molar-refractivity contribution in [3.8, 4) is 11.5 Å². The van der Waals surface area contributed by atoms with Gasteiger partial charge in [-0.2, -0.15) is 0 Å². The van der Waals surface area contributed by atoms with Gasteiger partial charge in [-0.05, 0) is 12.1 Å². The lowest BCUT2D eigenvalue weighted by molar-refractivity contribution is -0.991. The first-order valence-electron chi connectivity index (χ1n) is 11.8. The molecule has 0 atom stereocenters. The molecule has 0 radical (unpaired) electrons. The summed E-state index contributed by atoms with van der Waals surface area (Å²) in [6.07, 6.45) is 0. The van der Waals surface area contributed by atoms with Crippen LogP contribution in [-0.2, 0) is 13.1 Å². The molecule has 8 heterocycles. The maximum absolute atomic E-state index is 5.98. The van der Waals surface area contributed by atoms with Gasteiger partial charge >= 0.3 is 0 Å². The summed E-state index contributed by atoms with van der Waals surface area (Å²) in [5, 5.41) is 0. The molecule has 8 saturated heterocycles. The van der Waals surface area contributed by atoms with E-state index in [-0.39, 0.29) is 0 Å². The van der Waals surface area contributed by atoms with E-state index in [4.69, 9.17) is 9.47 Å². The number of benzene rings is 1. The van der Waals surface area contributed by atoms with Crippen LogP contribution in [0.15, 0.2) is 12.1 Å². The second-order valence-electron chi connectivity index (χ2n) is 11.2. The summed E-state index contributed by atoms with van der Waals surface area (Å²) >= 11 is 0. The van der Waals surface area contributed by atoms with Gasteiger partial charge in [0.15, 0.2) is 0 Å². The third-order valence-electron chi connectivity index (χ3n) is 8.09. The number of hydrogen-bond acceptors (Lipinski definition) is 8. The van der Waals surface area contributed by atoms with E-state index >= 15 is 0 Å². The first-order valence-corrected chi connectivity index (χ1v) is 11.8. The van der Waals surface area contributed by atoms with E-state index in [0.717, 1.165) is 114 Å². The number of ether oxygens (including phenoxy) is 2. The van der Waals surface area contributed by atoms with Crippen LogP contribution in [0.2, 0.25) is 0 Å². The average Bonchev–Trinajstić information content (AvgIpc) is 2.72. The molecule has 9 rings (SSSR count). The Morgan fingerprint density at radius 2 is 0.844 bits per heavy atom. The van der Waals surface area contributed by atoms with Crippen LogP contribution < -0.4 is 9.47 Å². The van der Waals surface area contributed by atoms with Gasteiger partial charge < -0.3 is 9.47 Å². The highest BCUT2D eigenvalue weighted by molar-refractivity contribution is 5.46. The Labute approximate surface area is 190 Å². The van der Waals surface area contributed by atoms with Crippen molar-refractivity contribution in [3.05, 3.63) is 23.3 Å². The summed E-state index contributed by atoms with van der Waals surface area (Å²) in [6, 6.07) is 4.55. The Kier molecular flexibility index (Phi) is 4.36. The highest BCUT2D eigenvalue weighted by Crippen LogP contribution is 2.38. The smallest absolute Gasteiger partial charge is 0.139 e. The van der Waals surface area contributed by atoms with Gasteiger partial charge in [0.1, 0.15) is 64.6 Å². The summed E-state index contributed by atoms with van der Waals surface area (Å²) in [6.45, 7) is 15.4. The van der Waals surface area contributed by atoms with Crippen LogP contribution in [0.3, 0.4) is 0 Å². The maximum atomic E-state index is 5.98. The van der Waals surface area contributed by atoms with E-state index in [9.17, 15) is 0 Å². The Morgan fingerprint density at radius 1 is 0.562 bits per heavy atom. The van der Waals surface area contributed by atoms with Gasteiger partial charge in [0.2, 0.25) is 0 Å². The van der Waals surface area contributed by atoms with E-state index in [1.807, 2.05) is 14.2 Å². The maximum Gasteiger partial charge on any atom is 0.139 e. The molecule has 0 amide bonds. The summed E-state index contributed by atoms with van der Waals surface area (Å²) in [7, 11) is 3.64. The Hall–Kier alpha value is -1.50. The average molecular weight is 445 g/mol. The fraction of sp³-hybridized carbons (Fsp3) is 0.727. The molecule has 0 N–H and O–H groups in total. The van der Waals surface area contributed by atoms with E-state index in [1.54, 1.807) is 0 Å². The SMILES string of the molecule is COc1cc(C[N+]23CN4CN(CN(C4)C2)C3)c(OC)cc1C[N+]12CN3CN(CN(C3)C1)C2. The summed E-state index contributed by atoms with van der Waals surface area (Å²) < 4.78 is 14.1. The molecular weight excluding hydrogens is 408 g/mol. The third-order valence-corrected chi connectivity index (χ3v) is 8.09. The highest BCUT2D eigenvalue weighted by Gasteiger charge is 2.50. The van der Waals surface area contributed by atoms with Crippen molar-refractivity contribution in [2.24, 2.45) is 0 Å². The lowest BCUT2D eigenvalue weighted by atomic mass is 10.0. The van der Waals surface area contributed by atoms with Crippen molar-refractivity contribution < 1.29 is 18.4 Å². The van der Waals surface area contributed by atoms with Crippen LogP contribution in [-0.4, -0.2) is 133 Å². The largest absolute Gasteiger partial charge is 0.496 e. The van der Waals surface area contributed by atoms with Crippen LogP contribution in [0.5, 0.6) is 11.5 Å². The van der Waals surface area contributed by atoms with Crippen molar-refractivity contribution in [2.75, 3.05) is 94.2 Å². The lowest BCUT2D eigenvalue weighted by Crippen LogP contribution is -2.78. The zero-order valence-corrected chi connectivity index (χ0v) is 19.4. The number of rotatable bonds is 6. The number of methoxy groups -OCH3 is 2. The van der Waals surface area contributed by atoms with E-state index in [2.05, 4.69) is 41.5 Å². The zero-order chi connectivity index (χ0) is 21.5. The minimum atomic E-state index is 0.985. The molecular formula is C22H36N8O2+2. The van der Waals surface area contributed by atoms with Gasteiger partial charge in [0.25, 0.3) is 0 Å².